The summed E-state index contributed by atoms with van der Waals surface area (Å²) in [5, 5.41) is 10.2. The molecule has 0 aliphatic heterocycles. The molecule has 2 N–H and O–H groups in total. The molecule has 1 unspecified atom stereocenters. The van der Waals surface area contributed by atoms with Crippen LogP contribution in [0.5, 0.6) is 0 Å². The number of aliphatic carboxylic acids is 1. The monoisotopic (exact) mass is 236 g/mol. The maximum atomic E-state index is 10.2. The van der Waals surface area contributed by atoms with E-state index in [1.165, 1.54) is 0 Å². The van der Waals surface area contributed by atoms with E-state index in [1.54, 1.807) is 0 Å². The highest BCUT2D eigenvalue weighted by molar-refractivity contribution is 7.74. The van der Waals surface area contributed by atoms with Gasteiger partial charge >= 0.3 is 5.97 Å². The lowest BCUT2D eigenvalue weighted by molar-refractivity contribution is -0.138. The third-order valence-corrected chi connectivity index (χ3v) is 1.62. The van der Waals surface area contributed by atoms with Crippen molar-refractivity contribution in [2.75, 3.05) is 6.73 Å². The fourth-order valence-corrected chi connectivity index (χ4v) is 0.508. The molecule has 0 aliphatic carbocycles. The Morgan fingerprint density at radius 3 is 2.58 bits per heavy atom. The number of hydrogen-bond acceptors (Lipinski definition) is 5. The highest BCUT2D eigenvalue weighted by Gasteiger charge is 2.32. The van der Waals surface area contributed by atoms with E-state index >= 15 is 0 Å². The third-order valence-electron chi connectivity index (χ3n) is 0.718. The Balaban J connectivity index is 3.76. The number of alkyl halides is 2. The van der Waals surface area contributed by atoms with Crippen molar-refractivity contribution >= 4 is 40.5 Å². The molecule has 0 aromatic heterocycles. The Morgan fingerprint density at radius 1 is 1.75 bits per heavy atom. The largest absolute Gasteiger partial charge is 0.750 e. The first-order valence-electron chi connectivity index (χ1n) is 2.45. The minimum Gasteiger partial charge on any atom is -0.750 e. The van der Waals surface area contributed by atoms with Crippen molar-refractivity contribution in [3.05, 3.63) is 0 Å². The molecule has 0 aromatic rings. The smallest absolute Gasteiger partial charge is 0.355 e. The van der Waals surface area contributed by atoms with E-state index < -0.39 is 28.5 Å². The Morgan fingerprint density at radius 2 is 2.25 bits per heavy atom. The number of carboxylic acids is 1. The van der Waals surface area contributed by atoms with Crippen LogP contribution in [0.2, 0.25) is 0 Å². The van der Waals surface area contributed by atoms with E-state index in [4.69, 9.17) is 28.3 Å². The lowest BCUT2D eigenvalue weighted by Gasteiger charge is -2.15. The van der Waals surface area contributed by atoms with Crippen LogP contribution in [0.15, 0.2) is 0 Å². The van der Waals surface area contributed by atoms with Crippen LogP contribution < -0.4 is 5.32 Å². The number of nitrogens with one attached hydrogen (secondary N) is 1. The summed E-state index contributed by atoms with van der Waals surface area (Å²) < 4.78 is 21.2. The van der Waals surface area contributed by atoms with Gasteiger partial charge in [-0.1, -0.05) is 23.2 Å². The highest BCUT2D eigenvalue weighted by atomic mass is 35.5. The maximum Gasteiger partial charge on any atom is 0.355 e. The van der Waals surface area contributed by atoms with Crippen LogP contribution in [0, 0.1) is 0 Å². The molecule has 0 saturated heterocycles. The maximum absolute atomic E-state index is 10.2. The molecule has 0 fully saturated rings. The predicted octanol–water partition coefficient (Wildman–Crippen LogP) is -0.440. The molecule has 0 aliphatic rings. The summed E-state index contributed by atoms with van der Waals surface area (Å²) in [7, 11) is 0. The molecule has 0 heterocycles. The minimum atomic E-state index is -2.74. The normalized spacial score (nSPS) is 14.2. The van der Waals surface area contributed by atoms with Crippen molar-refractivity contribution in [1.82, 2.24) is 5.32 Å². The van der Waals surface area contributed by atoms with E-state index in [-0.39, 0.29) is 0 Å². The molecule has 12 heavy (non-hydrogen) atoms. The lowest BCUT2D eigenvalue weighted by Crippen LogP contribution is -2.43. The third kappa shape index (κ3) is 4.86. The summed E-state index contributed by atoms with van der Waals surface area (Å²) in [6, 6.07) is 0. The second-order valence-electron chi connectivity index (χ2n) is 1.52. The average molecular weight is 237 g/mol. The van der Waals surface area contributed by atoms with Gasteiger partial charge in [-0.05, 0) is 0 Å². The van der Waals surface area contributed by atoms with Crippen LogP contribution in [0.25, 0.3) is 0 Å². The molecule has 0 amide bonds. The first-order valence-corrected chi connectivity index (χ1v) is 4.20. The zero-order chi connectivity index (χ0) is 9.78. The Bertz CT molecular complexity index is 197. The predicted molar refractivity (Wildman–Crippen MR) is 40.1 cm³/mol. The summed E-state index contributed by atoms with van der Waals surface area (Å²) in [6.07, 6.45) is 0. The summed E-state index contributed by atoms with van der Waals surface area (Å²) in [5.74, 6) is -1.55. The second kappa shape index (κ2) is 4.95. The molecule has 0 spiro atoms. The first-order chi connectivity index (χ1) is 5.36. The Kier molecular flexibility index (Phi) is 4.98. The summed E-state index contributed by atoms with van der Waals surface area (Å²) in [4.78, 5) is 10.2. The molecule has 0 radical (unpaired) electrons. The molecule has 0 saturated carbocycles. The molecule has 6 nitrogen and oxygen atoms in total. The van der Waals surface area contributed by atoms with E-state index in [0.717, 1.165) is 0 Å². The van der Waals surface area contributed by atoms with Gasteiger partial charge in [-0.15, -0.1) is 0 Å². The lowest BCUT2D eigenvalue weighted by atomic mass is 10.6. The highest BCUT2D eigenvalue weighted by Crippen LogP contribution is 2.16. The fourth-order valence-electron chi connectivity index (χ4n) is 0.244. The van der Waals surface area contributed by atoms with E-state index in [0.29, 0.717) is 0 Å². The molecule has 0 aromatic carbocycles. The van der Waals surface area contributed by atoms with Crippen LogP contribution in [0.4, 0.5) is 0 Å². The van der Waals surface area contributed by atoms with E-state index in [2.05, 4.69) is 4.18 Å². The second-order valence-corrected chi connectivity index (χ2v) is 3.49. The van der Waals surface area contributed by atoms with E-state index in [1.807, 2.05) is 5.32 Å². The fraction of sp³-hybridized carbons (Fsp3) is 0.667. The van der Waals surface area contributed by atoms with Gasteiger partial charge in [-0.25, -0.2) is 9.00 Å². The molecule has 0 bridgehead atoms. The molecule has 0 rings (SSSR count). The van der Waals surface area contributed by atoms with Crippen LogP contribution in [-0.2, 0) is 20.3 Å². The zero-order valence-electron chi connectivity index (χ0n) is 5.45. The quantitative estimate of drug-likeness (QED) is 0.291. The van der Waals surface area contributed by atoms with Crippen molar-refractivity contribution in [2.24, 2.45) is 0 Å². The Labute approximate surface area is 80.3 Å². The van der Waals surface area contributed by atoms with Gasteiger partial charge < -0.3 is 9.66 Å². The van der Waals surface area contributed by atoms with Gasteiger partial charge in [0, 0.05) is 0 Å². The van der Waals surface area contributed by atoms with Gasteiger partial charge in [0.2, 0.25) is 0 Å². The molecule has 72 valence electrons. The molecule has 1 atom stereocenters. The van der Waals surface area contributed by atoms with Gasteiger partial charge in [0.15, 0.2) is 0 Å². The van der Waals surface area contributed by atoms with Crippen LogP contribution in [0.3, 0.4) is 0 Å². The van der Waals surface area contributed by atoms with Crippen LogP contribution in [0.1, 0.15) is 0 Å². The van der Waals surface area contributed by atoms with Gasteiger partial charge in [-0.3, -0.25) is 9.50 Å². The zero-order valence-corrected chi connectivity index (χ0v) is 7.78. The van der Waals surface area contributed by atoms with Crippen molar-refractivity contribution in [2.45, 2.75) is 4.46 Å². The number of carbonyl (C=O) groups is 1. The summed E-state index contributed by atoms with van der Waals surface area (Å²) in [5.41, 5.74) is 0. The molecular formula is C3H4Cl2NO5S-. The van der Waals surface area contributed by atoms with Crippen molar-refractivity contribution in [3.8, 4) is 0 Å². The van der Waals surface area contributed by atoms with Crippen LogP contribution in [-0.4, -0.2) is 31.0 Å². The van der Waals surface area contributed by atoms with Gasteiger partial charge in [0.25, 0.3) is 4.46 Å². The van der Waals surface area contributed by atoms with Gasteiger partial charge in [-0.2, -0.15) is 0 Å². The number of carboxylic acid groups (broad SMARTS) is 1. The van der Waals surface area contributed by atoms with Gasteiger partial charge in [0.05, 0.1) is 11.4 Å². The van der Waals surface area contributed by atoms with Gasteiger partial charge in [0.1, 0.15) is 6.73 Å². The van der Waals surface area contributed by atoms with E-state index in [9.17, 15) is 13.6 Å². The SMILES string of the molecule is O=C(O)C(Cl)(Cl)NCOS(=O)[O-]. The standard InChI is InChI=1S/C3H5Cl2NO5S/c4-3(5,2(7)8)6-1-11-12(9)10/h6H,1H2,(H,7,8)(H,9,10)/p-1. The summed E-state index contributed by atoms with van der Waals surface area (Å²) in [6.45, 7) is -0.616. The summed E-state index contributed by atoms with van der Waals surface area (Å²) >= 11 is 7.52. The minimum absolute atomic E-state index is 0.616. The van der Waals surface area contributed by atoms with Crippen molar-refractivity contribution in [3.63, 3.8) is 0 Å². The molecule has 9 heteroatoms. The van der Waals surface area contributed by atoms with Crippen LogP contribution >= 0.6 is 23.2 Å². The number of hydrogen-bond donors (Lipinski definition) is 2. The Hall–Kier alpha value is 0.0800. The topological polar surface area (TPSA) is 98.7 Å². The van der Waals surface area contributed by atoms with Crippen molar-refractivity contribution < 1.29 is 22.8 Å². The molecular weight excluding hydrogens is 233 g/mol. The van der Waals surface area contributed by atoms with Crippen molar-refractivity contribution in [1.29, 1.82) is 0 Å². The number of halogens is 2. The first kappa shape index (κ1) is 12.1. The number of rotatable bonds is 5. The average Bonchev–Trinajstić information content (AvgIpc) is 1.85.